The van der Waals surface area contributed by atoms with E-state index in [0.717, 1.165) is 18.2 Å². The summed E-state index contributed by atoms with van der Waals surface area (Å²) in [6.45, 7) is 1.68. The minimum Gasteiger partial charge on any atom is -0.871 e. The van der Waals surface area contributed by atoms with Crippen LogP contribution >= 0.6 is 0 Å². The van der Waals surface area contributed by atoms with E-state index in [1.807, 2.05) is 6.07 Å². The summed E-state index contributed by atoms with van der Waals surface area (Å²) in [5, 5.41) is 45.4. The molecular weight excluding hydrogens is 547 g/mol. The number of nitrogens with zero attached hydrogens (tertiary/aromatic N) is 6. The molecule has 0 saturated carbocycles. The number of para-hydroxylation sites is 1. The van der Waals surface area contributed by atoms with E-state index in [1.54, 1.807) is 55.5 Å². The second kappa shape index (κ2) is 11.6. The third-order valence-electron chi connectivity index (χ3n) is 5.83. The van der Waals surface area contributed by atoms with Gasteiger partial charge in [-0.25, -0.2) is 0 Å². The third-order valence-corrected chi connectivity index (χ3v) is 6.68. The average Bonchev–Trinajstić information content (AvgIpc) is 3.20. The van der Waals surface area contributed by atoms with Crippen LogP contribution in [0.15, 0.2) is 109 Å². The van der Waals surface area contributed by atoms with Crippen molar-refractivity contribution in [3.8, 4) is 11.5 Å². The summed E-state index contributed by atoms with van der Waals surface area (Å²) in [5.74, 6) is -1.25. The van der Waals surface area contributed by atoms with E-state index >= 15 is 0 Å². The Balaban J connectivity index is 0.00000370. The summed E-state index contributed by atoms with van der Waals surface area (Å²) >= 11 is 0. The summed E-state index contributed by atoms with van der Waals surface area (Å²) in [7, 11) is -4.56. The van der Waals surface area contributed by atoms with Gasteiger partial charge in [-0.1, -0.05) is 42.1 Å². The van der Waals surface area contributed by atoms with Gasteiger partial charge in [0.2, 0.25) is 0 Å². The summed E-state index contributed by atoms with van der Waals surface area (Å²) < 4.78 is 32.1. The Labute approximate surface area is 250 Å². The normalized spacial score (nSPS) is 15.7. The molecule has 0 spiro atoms. The van der Waals surface area contributed by atoms with Crippen molar-refractivity contribution in [1.29, 1.82) is 0 Å². The molecule has 0 bridgehead atoms. The van der Waals surface area contributed by atoms with Gasteiger partial charge < -0.3 is 10.2 Å². The molecule has 1 heterocycles. The van der Waals surface area contributed by atoms with Crippen molar-refractivity contribution in [2.45, 2.75) is 17.9 Å². The summed E-state index contributed by atoms with van der Waals surface area (Å²) in [6, 6.07) is 18.8. The summed E-state index contributed by atoms with van der Waals surface area (Å²) in [4.78, 5) is 12.4. The van der Waals surface area contributed by atoms with Gasteiger partial charge in [-0.3, -0.25) is 9.35 Å². The van der Waals surface area contributed by atoms with Gasteiger partial charge in [0.15, 0.2) is 6.04 Å². The number of carbonyl (C=O) groups is 1. The van der Waals surface area contributed by atoms with Crippen LogP contribution in [-0.2, 0) is 14.9 Å². The van der Waals surface area contributed by atoms with E-state index in [4.69, 9.17) is 0 Å². The van der Waals surface area contributed by atoms with Crippen LogP contribution in [0.2, 0.25) is 0 Å². The van der Waals surface area contributed by atoms with Gasteiger partial charge in [0, 0.05) is 5.39 Å². The molecule has 14 heteroatoms. The molecule has 5 rings (SSSR count). The van der Waals surface area contributed by atoms with Gasteiger partial charge >= 0.3 is 29.6 Å². The first-order chi connectivity index (χ1) is 18.6. The molecule has 12 nitrogen and oxygen atoms in total. The van der Waals surface area contributed by atoms with Crippen molar-refractivity contribution in [2.24, 2.45) is 25.6 Å². The maximum atomic E-state index is 12.9. The van der Waals surface area contributed by atoms with Crippen LogP contribution in [0.1, 0.15) is 6.92 Å². The molecule has 196 valence electrons. The molecule has 0 aromatic heterocycles. The second-order valence-corrected chi connectivity index (χ2v) is 9.91. The first-order valence-corrected chi connectivity index (χ1v) is 12.9. The fourth-order valence-corrected chi connectivity index (χ4v) is 4.36. The molecule has 4 aromatic rings. The molecule has 0 aliphatic carbocycles. The fourth-order valence-electron chi connectivity index (χ4n) is 3.86. The van der Waals surface area contributed by atoms with E-state index in [0.29, 0.717) is 27.9 Å². The predicted octanol–water partition coefficient (Wildman–Crippen LogP) is 2.16. The van der Waals surface area contributed by atoms with E-state index in [9.17, 15) is 28.0 Å². The molecule has 0 radical (unpaired) electrons. The van der Waals surface area contributed by atoms with Crippen LogP contribution in [0.3, 0.4) is 0 Å². The van der Waals surface area contributed by atoms with Crippen molar-refractivity contribution in [2.75, 3.05) is 5.01 Å². The zero-order chi connectivity index (χ0) is 27.7. The van der Waals surface area contributed by atoms with E-state index in [-0.39, 0.29) is 52.6 Å². The number of hydrazone groups is 1. The van der Waals surface area contributed by atoms with Gasteiger partial charge in [-0.15, -0.1) is 5.11 Å². The van der Waals surface area contributed by atoms with E-state index < -0.39 is 26.8 Å². The molecule has 4 aromatic carbocycles. The number of rotatable bonds is 6. The molecule has 0 fully saturated rings. The maximum absolute atomic E-state index is 12.9. The Morgan fingerprint density at radius 3 is 2.40 bits per heavy atom. The minimum atomic E-state index is -4.56. The number of hydrogen-bond acceptors (Lipinski definition) is 10. The topological polar surface area (TPSA) is 180 Å². The number of fused-ring (bicyclic) bond motifs is 1. The number of benzene rings is 4. The first kappa shape index (κ1) is 29.0. The molecule has 1 aliphatic rings. The molecular formula is C26H19N6NaO6S. The van der Waals surface area contributed by atoms with Crippen molar-refractivity contribution in [3.05, 3.63) is 78.9 Å². The quantitative estimate of drug-likeness (QED) is 0.205. The Hall–Kier alpha value is -4.01. The van der Waals surface area contributed by atoms with Crippen LogP contribution in [-0.4, -0.2) is 35.7 Å². The maximum Gasteiger partial charge on any atom is 1.00 e. The smallest absolute Gasteiger partial charge is 0.871 e. The number of amides is 1. The van der Waals surface area contributed by atoms with E-state index in [1.165, 1.54) is 11.1 Å². The molecule has 0 saturated heterocycles. The Morgan fingerprint density at radius 1 is 0.950 bits per heavy atom. The summed E-state index contributed by atoms with van der Waals surface area (Å²) in [5.41, 5.74) is 1.07. The number of carbonyl (C=O) groups excluding carboxylic acids is 1. The number of azo groups is 2. The van der Waals surface area contributed by atoms with Gasteiger partial charge in [-0.2, -0.15) is 33.9 Å². The second-order valence-electron chi connectivity index (χ2n) is 8.49. The van der Waals surface area contributed by atoms with Crippen LogP contribution in [0.5, 0.6) is 11.5 Å². The monoisotopic (exact) mass is 566 g/mol. The molecule has 1 unspecified atom stereocenters. The molecule has 40 heavy (non-hydrogen) atoms. The Kier molecular flexibility index (Phi) is 8.42. The zero-order valence-electron chi connectivity index (χ0n) is 21.2. The van der Waals surface area contributed by atoms with Crippen molar-refractivity contribution >= 4 is 55.3 Å². The van der Waals surface area contributed by atoms with Crippen LogP contribution in [0, 0.1) is 0 Å². The minimum absolute atomic E-state index is 0. The molecule has 1 atom stereocenters. The zero-order valence-corrected chi connectivity index (χ0v) is 24.0. The Bertz CT molecular complexity index is 1810. The van der Waals surface area contributed by atoms with Crippen LogP contribution < -0.4 is 39.7 Å². The number of hydrogen-bond donors (Lipinski definition) is 2. The van der Waals surface area contributed by atoms with Crippen LogP contribution in [0.4, 0.5) is 22.7 Å². The van der Waals surface area contributed by atoms with Gasteiger partial charge in [0.25, 0.3) is 16.0 Å². The number of aromatic hydroxyl groups is 1. The van der Waals surface area contributed by atoms with Crippen molar-refractivity contribution < 1.29 is 57.5 Å². The van der Waals surface area contributed by atoms with Crippen molar-refractivity contribution in [1.82, 2.24) is 0 Å². The largest absolute Gasteiger partial charge is 1.00 e. The standard InChI is InChI=1S/C26H20N6O6S.Na/c1-15-24(26(35)32(31-15)18-5-3-2-4-6-18)29-27-17-9-7-16-8-11-23(34)25(20(16)13-17)30-28-21-14-19(39(36,37)38)10-12-22(21)33;/h2-14,24,33-34H,1H3,(H,36,37,38);/q;+1/p-1. The molecule has 1 amide bonds. The van der Waals surface area contributed by atoms with Crippen molar-refractivity contribution in [3.63, 3.8) is 0 Å². The Morgan fingerprint density at radius 2 is 1.68 bits per heavy atom. The predicted molar refractivity (Wildman–Crippen MR) is 141 cm³/mol. The van der Waals surface area contributed by atoms with Gasteiger partial charge in [-0.05, 0) is 54.8 Å². The number of anilines is 1. The molecule has 1 aliphatic heterocycles. The average molecular weight is 567 g/mol. The number of phenols is 1. The summed E-state index contributed by atoms with van der Waals surface area (Å²) in [6.07, 6.45) is 0. The van der Waals surface area contributed by atoms with Gasteiger partial charge in [0.1, 0.15) is 11.4 Å². The SMILES string of the molecule is CC1=NN(c2ccccc2)C(=O)C1N=Nc1ccc2ccc(O)c(N=Nc3cc(S(=O)(=O)O)ccc3[O-])c2c1.[Na+]. The van der Waals surface area contributed by atoms with E-state index in [2.05, 4.69) is 25.6 Å². The third kappa shape index (κ3) is 5.93. The van der Waals surface area contributed by atoms with Gasteiger partial charge in [0.05, 0.1) is 27.7 Å². The molecule has 2 N–H and O–H groups in total. The van der Waals surface area contributed by atoms with Crippen LogP contribution in [0.25, 0.3) is 10.8 Å². The fraction of sp³-hybridized carbons (Fsp3) is 0.0769. The number of phenolic OH excluding ortho intramolecular Hbond substituents is 1. The first-order valence-electron chi connectivity index (χ1n) is 11.4.